The molecule has 0 unspecified atom stereocenters. The number of rotatable bonds is 5. The zero-order valence-electron chi connectivity index (χ0n) is 11.9. The van der Waals surface area contributed by atoms with E-state index in [4.69, 9.17) is 0 Å². The van der Waals surface area contributed by atoms with Crippen LogP contribution < -0.4 is 10.6 Å². The van der Waals surface area contributed by atoms with Crippen LogP contribution in [-0.2, 0) is 6.42 Å². The maximum atomic E-state index is 11.7. The average Bonchev–Trinajstić information content (AvgIpc) is 2.49. The van der Waals surface area contributed by atoms with E-state index in [1.54, 1.807) is 6.20 Å². The number of amides is 2. The molecular formula is C17H16Br2N2O. The van der Waals surface area contributed by atoms with Crippen LogP contribution in [0, 0.1) is 0 Å². The van der Waals surface area contributed by atoms with Gasteiger partial charge in [0, 0.05) is 21.7 Å². The van der Waals surface area contributed by atoms with Gasteiger partial charge in [-0.25, -0.2) is 4.79 Å². The molecule has 2 N–H and O–H groups in total. The monoisotopic (exact) mass is 422 g/mol. The molecule has 0 aliphatic heterocycles. The quantitative estimate of drug-likeness (QED) is 0.717. The van der Waals surface area contributed by atoms with Gasteiger partial charge in [0.2, 0.25) is 0 Å². The number of hydrogen-bond acceptors (Lipinski definition) is 1. The number of carbonyl (C=O) groups excluding carboxylic acids is 1. The van der Waals surface area contributed by atoms with Gasteiger partial charge in [-0.05, 0) is 47.9 Å². The second-order valence-electron chi connectivity index (χ2n) is 4.67. The highest BCUT2D eigenvalue weighted by Crippen LogP contribution is 2.12. The van der Waals surface area contributed by atoms with Gasteiger partial charge in [0.1, 0.15) is 0 Å². The van der Waals surface area contributed by atoms with Crippen molar-refractivity contribution in [3.8, 4) is 0 Å². The van der Waals surface area contributed by atoms with Crippen LogP contribution in [0.25, 0.3) is 6.08 Å². The van der Waals surface area contributed by atoms with Gasteiger partial charge in [-0.15, -0.1) is 0 Å². The minimum absolute atomic E-state index is 0.205. The van der Waals surface area contributed by atoms with Crippen LogP contribution in [0.4, 0.5) is 4.79 Å². The summed E-state index contributed by atoms with van der Waals surface area (Å²) in [6.07, 6.45) is 4.28. The Balaban J connectivity index is 1.70. The van der Waals surface area contributed by atoms with E-state index >= 15 is 0 Å². The molecule has 22 heavy (non-hydrogen) atoms. The van der Waals surface area contributed by atoms with Crippen LogP contribution in [0.15, 0.2) is 63.7 Å². The summed E-state index contributed by atoms with van der Waals surface area (Å²) in [4.78, 5) is 11.7. The van der Waals surface area contributed by atoms with Crippen molar-refractivity contribution in [1.29, 1.82) is 0 Å². The van der Waals surface area contributed by atoms with Crippen LogP contribution in [0.3, 0.4) is 0 Å². The molecule has 2 rings (SSSR count). The second kappa shape index (κ2) is 8.76. The van der Waals surface area contributed by atoms with Crippen molar-refractivity contribution in [3.05, 3.63) is 74.8 Å². The Hall–Kier alpha value is -1.59. The first-order valence-electron chi connectivity index (χ1n) is 6.84. The highest BCUT2D eigenvalue weighted by molar-refractivity contribution is 9.10. The highest BCUT2D eigenvalue weighted by Gasteiger charge is 1.98. The van der Waals surface area contributed by atoms with Gasteiger partial charge in [-0.3, -0.25) is 0 Å². The maximum Gasteiger partial charge on any atom is 0.318 e. The van der Waals surface area contributed by atoms with Crippen LogP contribution in [-0.4, -0.2) is 12.6 Å². The molecule has 0 aliphatic rings. The Morgan fingerprint density at radius 3 is 2.55 bits per heavy atom. The number of benzene rings is 2. The van der Waals surface area contributed by atoms with Crippen LogP contribution >= 0.6 is 31.9 Å². The first-order valence-corrected chi connectivity index (χ1v) is 8.43. The van der Waals surface area contributed by atoms with E-state index in [0.29, 0.717) is 6.54 Å². The van der Waals surface area contributed by atoms with E-state index in [1.807, 2.05) is 54.6 Å². The minimum Gasteiger partial charge on any atom is -0.338 e. The van der Waals surface area contributed by atoms with Crippen LogP contribution in [0.1, 0.15) is 11.1 Å². The Morgan fingerprint density at radius 1 is 1.05 bits per heavy atom. The van der Waals surface area contributed by atoms with Crippen molar-refractivity contribution in [2.75, 3.05) is 6.54 Å². The Labute approximate surface area is 147 Å². The summed E-state index contributed by atoms with van der Waals surface area (Å²) in [7, 11) is 0. The second-order valence-corrected chi connectivity index (χ2v) is 6.50. The van der Waals surface area contributed by atoms with E-state index in [9.17, 15) is 4.79 Å². The molecule has 2 amide bonds. The van der Waals surface area contributed by atoms with Gasteiger partial charge in [0.15, 0.2) is 0 Å². The summed E-state index contributed by atoms with van der Waals surface area (Å²) in [6, 6.07) is 15.7. The summed E-state index contributed by atoms with van der Waals surface area (Å²) in [5, 5.41) is 5.51. The predicted octanol–water partition coefficient (Wildman–Crippen LogP) is 4.72. The van der Waals surface area contributed by atoms with Crippen LogP contribution in [0.2, 0.25) is 0 Å². The summed E-state index contributed by atoms with van der Waals surface area (Å²) in [5.41, 5.74) is 2.21. The third-order valence-corrected chi connectivity index (χ3v) is 3.97. The number of urea groups is 1. The van der Waals surface area contributed by atoms with Gasteiger partial charge in [-0.1, -0.05) is 56.1 Å². The number of carbonyl (C=O) groups is 1. The van der Waals surface area contributed by atoms with Crippen molar-refractivity contribution >= 4 is 44.0 Å². The summed E-state index contributed by atoms with van der Waals surface area (Å²) in [6.45, 7) is 0.592. The molecule has 5 heteroatoms. The normalized spacial score (nSPS) is 10.6. The largest absolute Gasteiger partial charge is 0.338 e. The van der Waals surface area contributed by atoms with E-state index in [0.717, 1.165) is 20.9 Å². The highest BCUT2D eigenvalue weighted by atomic mass is 79.9. The molecule has 2 aromatic rings. The maximum absolute atomic E-state index is 11.7. The summed E-state index contributed by atoms with van der Waals surface area (Å²) in [5.74, 6) is 0. The van der Waals surface area contributed by atoms with Crippen molar-refractivity contribution < 1.29 is 4.79 Å². The number of nitrogens with one attached hydrogen (secondary N) is 2. The lowest BCUT2D eigenvalue weighted by molar-refractivity contribution is 0.244. The molecule has 0 aromatic heterocycles. The molecule has 0 saturated heterocycles. The fourth-order valence-corrected chi connectivity index (χ4v) is 2.56. The first-order chi connectivity index (χ1) is 10.6. The molecule has 3 nitrogen and oxygen atoms in total. The lowest BCUT2D eigenvalue weighted by atomic mass is 10.1. The van der Waals surface area contributed by atoms with Crippen molar-refractivity contribution in [3.63, 3.8) is 0 Å². The summed E-state index contributed by atoms with van der Waals surface area (Å²) >= 11 is 6.81. The smallest absolute Gasteiger partial charge is 0.318 e. The molecule has 114 valence electrons. The van der Waals surface area contributed by atoms with Crippen LogP contribution in [0.5, 0.6) is 0 Å². The topological polar surface area (TPSA) is 41.1 Å². The fraction of sp³-hybridized carbons (Fsp3) is 0.118. The third kappa shape index (κ3) is 6.03. The molecular weight excluding hydrogens is 408 g/mol. The summed E-state index contributed by atoms with van der Waals surface area (Å²) < 4.78 is 2.08. The Morgan fingerprint density at radius 2 is 1.82 bits per heavy atom. The van der Waals surface area contributed by atoms with Gasteiger partial charge in [0.05, 0.1) is 0 Å². The zero-order chi connectivity index (χ0) is 15.8. The zero-order valence-corrected chi connectivity index (χ0v) is 15.0. The van der Waals surface area contributed by atoms with Gasteiger partial charge in [-0.2, -0.15) is 0 Å². The average molecular weight is 424 g/mol. The third-order valence-electron chi connectivity index (χ3n) is 2.95. The number of hydrogen-bond donors (Lipinski definition) is 2. The molecule has 0 heterocycles. The van der Waals surface area contributed by atoms with Crippen molar-refractivity contribution in [2.24, 2.45) is 0 Å². The molecule has 0 radical (unpaired) electrons. The van der Waals surface area contributed by atoms with E-state index in [1.165, 1.54) is 5.56 Å². The predicted molar refractivity (Wildman–Crippen MR) is 97.6 cm³/mol. The van der Waals surface area contributed by atoms with Gasteiger partial charge >= 0.3 is 6.03 Å². The minimum atomic E-state index is -0.205. The van der Waals surface area contributed by atoms with E-state index < -0.39 is 0 Å². The van der Waals surface area contributed by atoms with Gasteiger partial charge < -0.3 is 10.6 Å². The molecule has 0 saturated carbocycles. The lowest BCUT2D eigenvalue weighted by Gasteiger charge is -2.05. The Bertz CT molecular complexity index is 654. The molecule has 0 fully saturated rings. The standard InChI is InChI=1S/C17H16Br2N2O/c18-15-6-4-13(5-7-15)8-10-20-17(22)21-11-9-14-2-1-3-16(19)12-14/h1-8,10,12H,9,11H2,(H2,20,21,22)/b10-8+. The molecule has 0 atom stereocenters. The fourth-order valence-electron chi connectivity index (χ4n) is 1.85. The van der Waals surface area contributed by atoms with E-state index in [2.05, 4.69) is 42.5 Å². The van der Waals surface area contributed by atoms with Crippen molar-refractivity contribution in [2.45, 2.75) is 6.42 Å². The Kier molecular flexibility index (Phi) is 6.68. The molecule has 2 aromatic carbocycles. The first kappa shape index (κ1) is 16.8. The molecule has 0 bridgehead atoms. The van der Waals surface area contributed by atoms with Crippen molar-refractivity contribution in [1.82, 2.24) is 10.6 Å². The van der Waals surface area contributed by atoms with Gasteiger partial charge in [0.25, 0.3) is 0 Å². The SMILES string of the molecule is O=C(N/C=C/c1ccc(Br)cc1)NCCc1cccc(Br)c1. The lowest BCUT2D eigenvalue weighted by Crippen LogP contribution is -2.33. The molecule has 0 aliphatic carbocycles. The van der Waals surface area contributed by atoms with E-state index in [-0.39, 0.29) is 6.03 Å². The molecule has 0 spiro atoms. The number of halogens is 2.